The number of allylic oxidation sites excluding steroid dienone is 2. The number of rotatable bonds is 4. The molecule has 0 aromatic carbocycles. The molecule has 0 saturated carbocycles. The summed E-state index contributed by atoms with van der Waals surface area (Å²) in [6.45, 7) is 1.53. The van der Waals surface area contributed by atoms with Crippen molar-refractivity contribution in [2.45, 2.75) is 19.4 Å². The molecule has 26 heavy (non-hydrogen) atoms. The number of fused-ring (bicyclic) bond motifs is 1. The van der Waals surface area contributed by atoms with Crippen molar-refractivity contribution in [1.82, 2.24) is 4.90 Å². The fourth-order valence-corrected chi connectivity index (χ4v) is 3.25. The maximum absolute atomic E-state index is 12.9. The highest BCUT2D eigenvalue weighted by Gasteiger charge is 2.37. The average Bonchev–Trinajstić information content (AvgIpc) is 3.32. The molecule has 2 aromatic heterocycles. The minimum atomic E-state index is -0.603. The molecule has 0 bridgehead atoms. The fourth-order valence-electron chi connectivity index (χ4n) is 3.25. The Balaban J connectivity index is 1.73. The monoisotopic (exact) mass is 351 g/mol. The van der Waals surface area contributed by atoms with Crippen molar-refractivity contribution >= 4 is 6.08 Å². The third kappa shape index (κ3) is 2.74. The first kappa shape index (κ1) is 16.4. The normalized spacial score (nSPS) is 21.2. The van der Waals surface area contributed by atoms with Crippen LogP contribution in [0.5, 0.6) is 0 Å². The smallest absolute Gasteiger partial charge is 0.207 e. The van der Waals surface area contributed by atoms with Gasteiger partial charge in [-0.25, -0.2) is 0 Å². The van der Waals surface area contributed by atoms with Gasteiger partial charge in [-0.1, -0.05) is 5.76 Å². The van der Waals surface area contributed by atoms with Crippen LogP contribution in [0, 0.1) is 6.92 Å². The van der Waals surface area contributed by atoms with Gasteiger partial charge in [-0.15, -0.1) is 0 Å². The Morgan fingerprint density at radius 1 is 1.35 bits per heavy atom. The second-order valence-corrected chi connectivity index (χ2v) is 6.29. The van der Waals surface area contributed by atoms with Crippen LogP contribution < -0.4 is 5.11 Å². The summed E-state index contributed by atoms with van der Waals surface area (Å²) in [6, 6.07) is 6.49. The second kappa shape index (κ2) is 6.31. The predicted octanol–water partition coefficient (Wildman–Crippen LogP) is 2.27. The minimum Gasteiger partial charge on any atom is -0.871 e. The summed E-state index contributed by atoms with van der Waals surface area (Å²) in [5, 5.41) is 35.1. The van der Waals surface area contributed by atoms with E-state index in [0.717, 1.165) is 5.76 Å². The summed E-state index contributed by atoms with van der Waals surface area (Å²) >= 11 is 0. The third-order valence-corrected chi connectivity index (χ3v) is 4.53. The number of nitrogens with zero attached hydrogens (tertiary/aromatic N) is 1. The molecule has 1 radical (unpaired) electrons. The summed E-state index contributed by atoms with van der Waals surface area (Å²) in [4.78, 5) is 1.54. The quantitative estimate of drug-likeness (QED) is 0.912. The molecule has 6 heteroatoms. The number of aryl methyl sites for hydroxylation is 1. The van der Waals surface area contributed by atoms with Crippen molar-refractivity contribution in [3.05, 3.63) is 88.4 Å². The van der Waals surface area contributed by atoms with E-state index < -0.39 is 6.04 Å². The summed E-state index contributed by atoms with van der Waals surface area (Å²) in [6.07, 6.45) is 6.44. The zero-order valence-electron chi connectivity index (χ0n) is 14.1. The van der Waals surface area contributed by atoms with E-state index in [0.29, 0.717) is 34.8 Å². The van der Waals surface area contributed by atoms with Crippen molar-refractivity contribution in [3.8, 4) is 0 Å². The largest absolute Gasteiger partial charge is 0.871 e. The molecule has 133 valence electrons. The van der Waals surface area contributed by atoms with Crippen molar-refractivity contribution < 1.29 is 24.2 Å². The molecule has 1 atom stereocenters. The molecule has 1 unspecified atom stereocenters. The number of hydrogen-bond acceptors (Lipinski definition) is 5. The van der Waals surface area contributed by atoms with Crippen LogP contribution in [0.15, 0.2) is 80.0 Å². The number of furan rings is 2. The van der Waals surface area contributed by atoms with Crippen LogP contribution in [-0.2, 0) is 11.5 Å². The van der Waals surface area contributed by atoms with Gasteiger partial charge in [0, 0.05) is 12.0 Å². The zero-order valence-corrected chi connectivity index (χ0v) is 14.1. The van der Waals surface area contributed by atoms with Crippen LogP contribution in [0.25, 0.3) is 6.08 Å². The van der Waals surface area contributed by atoms with Crippen LogP contribution in [0.2, 0.25) is 0 Å². The Bertz CT molecular complexity index is 943. The molecule has 0 spiro atoms. The van der Waals surface area contributed by atoms with Crippen molar-refractivity contribution in [1.29, 1.82) is 0 Å². The molecular formula is C20H17NO5-. The van der Waals surface area contributed by atoms with E-state index in [2.05, 4.69) is 0 Å². The second-order valence-electron chi connectivity index (χ2n) is 6.29. The van der Waals surface area contributed by atoms with E-state index in [9.17, 15) is 15.3 Å². The maximum Gasteiger partial charge on any atom is 0.207 e. The highest BCUT2D eigenvalue weighted by atomic mass is 16.3. The van der Waals surface area contributed by atoms with Crippen molar-refractivity contribution in [3.63, 3.8) is 0 Å². The Kier molecular flexibility index (Phi) is 3.97. The minimum absolute atomic E-state index is 0.202. The highest BCUT2D eigenvalue weighted by molar-refractivity contribution is 5.62. The Labute approximate surface area is 150 Å². The number of aliphatic hydroxyl groups is 1. The molecule has 1 N–H and O–H groups in total. The average molecular weight is 351 g/mol. The van der Waals surface area contributed by atoms with Crippen LogP contribution in [0.4, 0.5) is 0 Å². The Hall–Kier alpha value is -3.12. The first-order chi connectivity index (χ1) is 12.6. The lowest BCUT2D eigenvalue weighted by molar-refractivity contribution is -0.299. The predicted molar refractivity (Wildman–Crippen MR) is 90.4 cm³/mol. The van der Waals surface area contributed by atoms with E-state index in [1.54, 1.807) is 42.7 Å². The standard InChI is InChI=1S/C20H18NO5/c1-12-4-5-15(26-12)9-16-18(11-22)21-10-19(23)13(8-17(21)20(16)24)7-14-3-2-6-25-14/h2-6,8-10,18,22-23H,7,11H2,1H3/p-1/b16-9+. The Morgan fingerprint density at radius 3 is 2.85 bits per heavy atom. The maximum atomic E-state index is 12.9. The van der Waals surface area contributed by atoms with Gasteiger partial charge in [0.25, 0.3) is 0 Å². The van der Waals surface area contributed by atoms with E-state index in [4.69, 9.17) is 8.83 Å². The van der Waals surface area contributed by atoms with Gasteiger partial charge in [0.15, 0.2) is 0 Å². The van der Waals surface area contributed by atoms with Crippen molar-refractivity contribution in [2.24, 2.45) is 0 Å². The Morgan fingerprint density at radius 2 is 2.19 bits per heavy atom. The summed E-state index contributed by atoms with van der Waals surface area (Å²) in [5.41, 5.74) is 1.25. The van der Waals surface area contributed by atoms with Crippen molar-refractivity contribution in [2.75, 3.05) is 6.61 Å². The van der Waals surface area contributed by atoms with Gasteiger partial charge in [-0.2, -0.15) is 0 Å². The first-order valence-corrected chi connectivity index (χ1v) is 8.28. The summed E-state index contributed by atoms with van der Waals surface area (Å²) in [5.74, 6) is 1.50. The molecule has 0 aliphatic carbocycles. The molecule has 2 aromatic rings. The molecule has 6 nitrogen and oxygen atoms in total. The van der Waals surface area contributed by atoms with E-state index in [1.807, 2.05) is 6.92 Å². The number of aliphatic hydroxyl groups excluding tert-OH is 1. The highest BCUT2D eigenvalue weighted by Crippen LogP contribution is 2.38. The summed E-state index contributed by atoms with van der Waals surface area (Å²) in [7, 11) is 0. The lowest BCUT2D eigenvalue weighted by atomic mass is 10.0. The lowest BCUT2D eigenvalue weighted by Crippen LogP contribution is -2.33. The molecule has 0 saturated heterocycles. The van der Waals surface area contributed by atoms with Crippen LogP contribution in [0.3, 0.4) is 0 Å². The van der Waals surface area contributed by atoms with E-state index >= 15 is 0 Å². The van der Waals surface area contributed by atoms with E-state index in [1.165, 1.54) is 11.1 Å². The van der Waals surface area contributed by atoms with Gasteiger partial charge in [-0.3, -0.25) is 5.11 Å². The van der Waals surface area contributed by atoms with Gasteiger partial charge in [0.05, 0.1) is 24.6 Å². The lowest BCUT2D eigenvalue weighted by Gasteiger charge is -2.31. The topological polar surface area (TPSA) is 92.7 Å². The first-order valence-electron chi connectivity index (χ1n) is 8.28. The van der Waals surface area contributed by atoms with E-state index in [-0.39, 0.29) is 18.1 Å². The molecule has 2 aliphatic rings. The molecule has 4 rings (SSSR count). The van der Waals surface area contributed by atoms with Gasteiger partial charge in [0.2, 0.25) is 5.76 Å². The van der Waals surface area contributed by atoms with Gasteiger partial charge >= 0.3 is 0 Å². The third-order valence-electron chi connectivity index (χ3n) is 4.53. The molecule has 4 heterocycles. The molecule has 2 aliphatic heterocycles. The molecule has 0 amide bonds. The van der Waals surface area contributed by atoms with Crippen LogP contribution in [-0.4, -0.2) is 22.7 Å². The number of hydrogen-bond donors (Lipinski definition) is 1. The van der Waals surface area contributed by atoms with Crippen LogP contribution >= 0.6 is 0 Å². The molecular weight excluding hydrogens is 334 g/mol. The van der Waals surface area contributed by atoms with Gasteiger partial charge in [0.1, 0.15) is 17.3 Å². The van der Waals surface area contributed by atoms with Gasteiger partial charge < -0.3 is 23.9 Å². The summed E-state index contributed by atoms with van der Waals surface area (Å²) < 4.78 is 10.8. The SMILES string of the molecule is Cc1ccc(/C=C2/C([O])=C3C=C(Cc4ccco4)C([O-])=CN3C2CO)o1. The fraction of sp³-hybridized carbons (Fsp3) is 0.200. The zero-order chi connectivity index (χ0) is 18.3. The molecule has 0 fully saturated rings. The van der Waals surface area contributed by atoms with Crippen LogP contribution in [0.1, 0.15) is 17.3 Å². The van der Waals surface area contributed by atoms with Gasteiger partial charge in [-0.05, 0) is 55.1 Å².